The first-order valence-corrected chi connectivity index (χ1v) is 26.2. The minimum atomic E-state index is -1.92. The molecular weight excluding hydrogens is 877 g/mol. The third-order valence-corrected chi connectivity index (χ3v) is 11.2. The molecule has 12 nitrogen and oxygen atoms in total. The zero-order valence-corrected chi connectivity index (χ0v) is 42.5. The lowest BCUT2D eigenvalue weighted by Crippen LogP contribution is -2.61. The van der Waals surface area contributed by atoms with E-state index >= 15 is 0 Å². The Morgan fingerprint density at radius 3 is 1.45 bits per heavy atom. The molecule has 390 valence electrons. The Kier molecular flexibility index (Phi) is 40.7. The van der Waals surface area contributed by atoms with Crippen LogP contribution in [0.25, 0.3) is 0 Å². The van der Waals surface area contributed by atoms with Crippen molar-refractivity contribution in [2.45, 2.75) is 225 Å². The number of carboxylic acids is 1. The maximum atomic E-state index is 13.0. The summed E-state index contributed by atoms with van der Waals surface area (Å²) in [5.74, 6) is -3.27. The van der Waals surface area contributed by atoms with E-state index in [1.54, 1.807) is 0 Å². The number of carboxylic acid groups (broad SMARTS) is 1. The number of aliphatic carboxylic acids is 1. The number of carbonyl (C=O) groups excluding carboxylic acids is 3. The van der Waals surface area contributed by atoms with Gasteiger partial charge in [0.15, 0.2) is 24.6 Å². The maximum absolute atomic E-state index is 13.0. The zero-order valence-electron chi connectivity index (χ0n) is 42.5. The van der Waals surface area contributed by atoms with Crippen molar-refractivity contribution in [3.63, 3.8) is 0 Å². The van der Waals surface area contributed by atoms with E-state index < -0.39 is 67.3 Å². The quantitative estimate of drug-likeness (QED) is 0.0229. The van der Waals surface area contributed by atoms with Gasteiger partial charge in [-0.25, -0.2) is 4.79 Å². The monoisotopic (exact) mass is 967 g/mol. The van der Waals surface area contributed by atoms with Gasteiger partial charge < -0.3 is 39.0 Å². The fourth-order valence-electron chi connectivity index (χ4n) is 7.19. The molecule has 1 rings (SSSR count). The molecule has 1 fully saturated rings. The zero-order chi connectivity index (χ0) is 50.4. The highest BCUT2D eigenvalue weighted by molar-refractivity contribution is 5.74. The van der Waals surface area contributed by atoms with Crippen molar-refractivity contribution in [1.82, 2.24) is 0 Å². The number of hydrogen-bond donors (Lipinski definition) is 3. The van der Waals surface area contributed by atoms with Gasteiger partial charge in [0.25, 0.3) is 0 Å². The fourth-order valence-corrected chi connectivity index (χ4v) is 7.19. The van der Waals surface area contributed by atoms with Gasteiger partial charge in [-0.3, -0.25) is 14.4 Å². The van der Waals surface area contributed by atoms with Crippen LogP contribution in [0.3, 0.4) is 0 Å². The largest absolute Gasteiger partial charge is 0.479 e. The number of rotatable bonds is 42. The molecule has 1 heterocycles. The molecule has 6 atom stereocenters. The van der Waals surface area contributed by atoms with E-state index in [1.165, 1.54) is 32.1 Å². The second-order valence-electron chi connectivity index (χ2n) is 17.4. The van der Waals surface area contributed by atoms with E-state index in [0.29, 0.717) is 19.3 Å². The van der Waals surface area contributed by atoms with Gasteiger partial charge in [0.05, 0.1) is 6.61 Å². The first-order valence-electron chi connectivity index (χ1n) is 26.2. The topological polar surface area (TPSA) is 175 Å². The van der Waals surface area contributed by atoms with Crippen molar-refractivity contribution in [1.29, 1.82) is 0 Å². The van der Waals surface area contributed by atoms with Gasteiger partial charge in [-0.2, -0.15) is 0 Å². The number of ether oxygens (including phenoxy) is 5. The van der Waals surface area contributed by atoms with E-state index in [0.717, 1.165) is 96.3 Å². The molecule has 1 saturated heterocycles. The molecule has 0 aliphatic carbocycles. The first kappa shape index (κ1) is 62.7. The predicted octanol–water partition coefficient (Wildman–Crippen LogP) is 12.6. The van der Waals surface area contributed by atoms with Crippen LogP contribution >= 0.6 is 0 Å². The summed E-state index contributed by atoms with van der Waals surface area (Å²) >= 11 is 0. The van der Waals surface area contributed by atoms with Gasteiger partial charge in [-0.1, -0.05) is 182 Å². The molecule has 0 aromatic rings. The highest BCUT2D eigenvalue weighted by Gasteiger charge is 2.50. The summed E-state index contributed by atoms with van der Waals surface area (Å²) in [6, 6.07) is 0. The Morgan fingerprint density at radius 2 is 0.942 bits per heavy atom. The molecule has 1 aliphatic heterocycles. The Balaban J connectivity index is 2.76. The minimum Gasteiger partial charge on any atom is -0.479 e. The van der Waals surface area contributed by atoms with E-state index in [-0.39, 0.29) is 25.9 Å². The predicted molar refractivity (Wildman–Crippen MR) is 275 cm³/mol. The molecule has 12 heteroatoms. The molecular formula is C57H90O12. The van der Waals surface area contributed by atoms with Crippen LogP contribution in [-0.4, -0.2) is 89.2 Å². The molecule has 1 aliphatic rings. The van der Waals surface area contributed by atoms with Crippen molar-refractivity contribution < 1.29 is 58.2 Å². The SMILES string of the molecule is CC/C=C\C/C=C\C/C=C\C/C=C\CCCCCCC(=O)OC1C(OCC(COC(=O)CC/C=C\C/C=C\C/C=C\C/C=C\CC)OC(=O)CCCCCCCCCCC)OC(C(=O)O)C(O)C1O. The average Bonchev–Trinajstić information content (AvgIpc) is 3.33. The number of hydrogen-bond acceptors (Lipinski definition) is 11. The summed E-state index contributed by atoms with van der Waals surface area (Å²) in [6.07, 6.45) is 45.6. The van der Waals surface area contributed by atoms with E-state index in [2.05, 4.69) is 106 Å². The summed E-state index contributed by atoms with van der Waals surface area (Å²) in [4.78, 5) is 50.7. The van der Waals surface area contributed by atoms with Gasteiger partial charge >= 0.3 is 23.9 Å². The van der Waals surface area contributed by atoms with Crippen LogP contribution in [0, 0.1) is 0 Å². The van der Waals surface area contributed by atoms with Crippen LogP contribution in [-0.2, 0) is 42.9 Å². The smallest absolute Gasteiger partial charge is 0.335 e. The second kappa shape index (κ2) is 44.8. The maximum Gasteiger partial charge on any atom is 0.335 e. The molecule has 0 bridgehead atoms. The first-order chi connectivity index (χ1) is 33.6. The van der Waals surface area contributed by atoms with Crippen LogP contribution < -0.4 is 0 Å². The third kappa shape index (κ3) is 35.4. The van der Waals surface area contributed by atoms with Crippen molar-refractivity contribution >= 4 is 23.9 Å². The van der Waals surface area contributed by atoms with Crippen LogP contribution in [0.4, 0.5) is 0 Å². The molecule has 0 spiro atoms. The van der Waals surface area contributed by atoms with Crippen LogP contribution in [0.5, 0.6) is 0 Å². The standard InChI is InChI=1S/C57H90O12/c1-4-7-10-13-16-19-21-23-24-25-26-28-30-33-36-39-42-45-51(60)68-55-53(62)52(61)54(56(63)64)69-57(55)66-47-48(67-50(59)44-41-38-35-31-18-15-12-9-6-3)46-65-49(58)43-40-37-34-32-29-27-22-20-17-14-11-8-5-2/h7-8,10-11,16-17,19-20,23-24,26-29,34,37,48,52-55,57,61-62H,4-6,9,12-15,18,21-22,25,30-33,35-36,38-47H2,1-3H3,(H,63,64)/b10-7-,11-8-,19-16-,20-17-,24-23-,28-26-,29-27-,37-34-. The van der Waals surface area contributed by atoms with Gasteiger partial charge in [0.2, 0.25) is 0 Å². The lowest BCUT2D eigenvalue weighted by molar-refractivity contribution is -0.301. The van der Waals surface area contributed by atoms with Gasteiger partial charge in [-0.05, 0) is 83.5 Å². The van der Waals surface area contributed by atoms with Crippen LogP contribution in [0.2, 0.25) is 0 Å². The molecule has 69 heavy (non-hydrogen) atoms. The van der Waals surface area contributed by atoms with Crippen molar-refractivity contribution in [2.24, 2.45) is 0 Å². The summed E-state index contributed by atoms with van der Waals surface area (Å²) in [7, 11) is 0. The molecule has 0 aromatic carbocycles. The van der Waals surface area contributed by atoms with Crippen molar-refractivity contribution in [3.05, 3.63) is 97.2 Å². The van der Waals surface area contributed by atoms with E-state index in [9.17, 15) is 34.5 Å². The summed E-state index contributed by atoms with van der Waals surface area (Å²) in [6.45, 7) is 5.62. The number of aliphatic hydroxyl groups excluding tert-OH is 2. The Bertz CT molecular complexity index is 1570. The molecule has 6 unspecified atom stereocenters. The number of unbranched alkanes of at least 4 members (excludes halogenated alkanes) is 12. The Labute approximate surface area is 415 Å². The van der Waals surface area contributed by atoms with E-state index in [1.807, 2.05) is 12.2 Å². The molecule has 0 amide bonds. The third-order valence-electron chi connectivity index (χ3n) is 11.2. The highest BCUT2D eigenvalue weighted by atomic mass is 16.7. The second-order valence-corrected chi connectivity index (χ2v) is 17.4. The van der Waals surface area contributed by atoms with Crippen LogP contribution in [0.15, 0.2) is 97.2 Å². The highest BCUT2D eigenvalue weighted by Crippen LogP contribution is 2.26. The molecule has 0 saturated carbocycles. The minimum absolute atomic E-state index is 0.0221. The summed E-state index contributed by atoms with van der Waals surface area (Å²) in [5.41, 5.74) is 0. The Hall–Kier alpha value is -4.36. The number of aliphatic hydroxyl groups is 2. The normalized spacial score (nSPS) is 19.5. The lowest BCUT2D eigenvalue weighted by atomic mass is 9.98. The van der Waals surface area contributed by atoms with Crippen molar-refractivity contribution in [3.8, 4) is 0 Å². The summed E-state index contributed by atoms with van der Waals surface area (Å²) < 4.78 is 28.1. The number of allylic oxidation sites excluding steroid dienone is 16. The van der Waals surface area contributed by atoms with Crippen LogP contribution in [0.1, 0.15) is 188 Å². The molecule has 0 radical (unpaired) electrons. The number of esters is 3. The summed E-state index contributed by atoms with van der Waals surface area (Å²) in [5, 5.41) is 31.3. The number of carbonyl (C=O) groups is 4. The lowest BCUT2D eigenvalue weighted by Gasteiger charge is -2.40. The average molecular weight is 967 g/mol. The van der Waals surface area contributed by atoms with E-state index in [4.69, 9.17) is 23.7 Å². The fraction of sp³-hybridized carbons (Fsp3) is 0.649. The molecule has 3 N–H and O–H groups in total. The van der Waals surface area contributed by atoms with Gasteiger partial charge in [-0.15, -0.1) is 0 Å². The Morgan fingerprint density at radius 1 is 0.493 bits per heavy atom. The van der Waals surface area contributed by atoms with Gasteiger partial charge in [0.1, 0.15) is 18.8 Å². The van der Waals surface area contributed by atoms with Crippen molar-refractivity contribution in [2.75, 3.05) is 13.2 Å². The van der Waals surface area contributed by atoms with Gasteiger partial charge in [0, 0.05) is 19.3 Å². The molecule has 0 aromatic heterocycles.